The zero-order valence-corrected chi connectivity index (χ0v) is 23.0. The highest BCUT2D eigenvalue weighted by Crippen LogP contribution is 2.32. The number of nitrogens with one attached hydrogen (secondary N) is 4. The van der Waals surface area contributed by atoms with Crippen LogP contribution in [0.15, 0.2) is 43.1 Å². The van der Waals surface area contributed by atoms with E-state index < -0.39 is 62.9 Å². The first kappa shape index (κ1) is 29.3. The second kappa shape index (κ2) is 12.1. The van der Waals surface area contributed by atoms with Crippen molar-refractivity contribution in [2.45, 2.75) is 13.3 Å². The first-order valence-corrected chi connectivity index (χ1v) is 13.4. The van der Waals surface area contributed by atoms with Gasteiger partial charge in [-0.15, -0.1) is 6.58 Å². The molecule has 0 atom stereocenters. The summed E-state index contributed by atoms with van der Waals surface area (Å²) in [5, 5.41) is 4.92. The molecular formula is C24H22F4IN5O3S. The molecule has 0 unspecified atom stereocenters. The standard InChI is InChI=1S/C24H22F4IN5O3S/c1-4-6-32-24(35)15-10-14(9-13-5-7-31-23(20(13)27)34-38(36,37)30-3)19(26)21(28)22(15)33-18-8-12(2)17(29)11-16(18)25/h4-5,7-8,10-11,30,33H,1,6,9H2,2-3H3,(H,31,34)(H,32,35). The van der Waals surface area contributed by atoms with Crippen molar-refractivity contribution >= 4 is 55.9 Å². The summed E-state index contributed by atoms with van der Waals surface area (Å²) in [6, 6.07) is 4.74. The minimum absolute atomic E-state index is 0.00243. The molecule has 2 aromatic carbocycles. The molecule has 0 radical (unpaired) electrons. The lowest BCUT2D eigenvalue weighted by Crippen LogP contribution is -2.27. The number of anilines is 3. The van der Waals surface area contributed by atoms with Gasteiger partial charge in [-0.3, -0.25) is 9.52 Å². The highest BCUT2D eigenvalue weighted by Gasteiger charge is 2.25. The number of amides is 1. The minimum Gasteiger partial charge on any atom is -0.350 e. The number of benzene rings is 2. The van der Waals surface area contributed by atoms with Crippen LogP contribution in [0.4, 0.5) is 34.8 Å². The lowest BCUT2D eigenvalue weighted by Gasteiger charge is -2.17. The Labute approximate surface area is 230 Å². The van der Waals surface area contributed by atoms with Crippen molar-refractivity contribution in [3.05, 3.63) is 92.2 Å². The molecule has 202 valence electrons. The van der Waals surface area contributed by atoms with E-state index in [1.807, 2.05) is 32.0 Å². The van der Waals surface area contributed by atoms with Crippen LogP contribution in [0.1, 0.15) is 27.0 Å². The van der Waals surface area contributed by atoms with Crippen LogP contribution in [0.2, 0.25) is 0 Å². The van der Waals surface area contributed by atoms with E-state index in [0.29, 0.717) is 9.13 Å². The van der Waals surface area contributed by atoms with E-state index in [4.69, 9.17) is 0 Å². The van der Waals surface area contributed by atoms with Crippen molar-refractivity contribution in [1.82, 2.24) is 15.0 Å². The SMILES string of the molecule is C=CCNC(=O)c1cc(Cc2ccnc(NS(=O)(=O)NC)c2F)c(F)c(F)c1Nc1cc(C)c(I)cc1F. The van der Waals surface area contributed by atoms with Crippen molar-refractivity contribution in [2.24, 2.45) is 0 Å². The number of nitrogens with zero attached hydrogens (tertiary/aromatic N) is 1. The van der Waals surface area contributed by atoms with Gasteiger partial charge in [-0.25, -0.2) is 27.3 Å². The molecule has 0 bridgehead atoms. The molecular weight excluding hydrogens is 641 g/mol. The molecule has 0 aliphatic heterocycles. The third-order valence-electron chi connectivity index (χ3n) is 5.29. The summed E-state index contributed by atoms with van der Waals surface area (Å²) in [7, 11) is -3.01. The maximum absolute atomic E-state index is 15.4. The largest absolute Gasteiger partial charge is 0.350 e. The summed E-state index contributed by atoms with van der Waals surface area (Å²) in [4.78, 5) is 16.5. The Morgan fingerprint density at radius 1 is 1.11 bits per heavy atom. The van der Waals surface area contributed by atoms with Crippen LogP contribution < -0.4 is 20.1 Å². The molecule has 0 spiro atoms. The molecule has 38 heavy (non-hydrogen) atoms. The molecule has 0 aliphatic carbocycles. The van der Waals surface area contributed by atoms with Gasteiger partial charge < -0.3 is 10.6 Å². The van der Waals surface area contributed by atoms with Gasteiger partial charge in [0.05, 0.1) is 16.9 Å². The predicted octanol–water partition coefficient (Wildman–Crippen LogP) is 4.68. The Kier molecular flexibility index (Phi) is 9.32. The first-order valence-electron chi connectivity index (χ1n) is 10.9. The van der Waals surface area contributed by atoms with E-state index in [9.17, 15) is 22.0 Å². The van der Waals surface area contributed by atoms with Gasteiger partial charge in [0.1, 0.15) is 5.82 Å². The highest BCUT2D eigenvalue weighted by molar-refractivity contribution is 14.1. The van der Waals surface area contributed by atoms with Crippen LogP contribution in [0.25, 0.3) is 0 Å². The van der Waals surface area contributed by atoms with Crippen LogP contribution in [0.3, 0.4) is 0 Å². The first-order chi connectivity index (χ1) is 17.9. The van der Waals surface area contributed by atoms with E-state index in [1.165, 1.54) is 18.2 Å². The Morgan fingerprint density at radius 2 is 1.82 bits per heavy atom. The summed E-state index contributed by atoms with van der Waals surface area (Å²) in [6.07, 6.45) is 1.88. The topological polar surface area (TPSA) is 112 Å². The molecule has 1 amide bonds. The molecule has 0 fully saturated rings. The molecule has 1 heterocycles. The van der Waals surface area contributed by atoms with Gasteiger partial charge in [0, 0.05) is 29.8 Å². The average Bonchev–Trinajstić information content (AvgIpc) is 2.87. The van der Waals surface area contributed by atoms with Gasteiger partial charge in [-0.05, 0) is 70.5 Å². The fourth-order valence-electron chi connectivity index (χ4n) is 3.33. The van der Waals surface area contributed by atoms with Gasteiger partial charge in [0.15, 0.2) is 23.3 Å². The maximum Gasteiger partial charge on any atom is 0.300 e. The zero-order valence-electron chi connectivity index (χ0n) is 20.1. The molecule has 0 aliphatic rings. The number of pyridine rings is 1. The molecule has 8 nitrogen and oxygen atoms in total. The van der Waals surface area contributed by atoms with Crippen LogP contribution in [-0.4, -0.2) is 32.9 Å². The van der Waals surface area contributed by atoms with Gasteiger partial charge >= 0.3 is 0 Å². The summed E-state index contributed by atoms with van der Waals surface area (Å²) in [5.74, 6) is -6.27. The average molecular weight is 663 g/mol. The number of carbonyl (C=O) groups excluding carboxylic acids is 1. The van der Waals surface area contributed by atoms with Crippen molar-refractivity contribution in [1.29, 1.82) is 0 Å². The lowest BCUT2D eigenvalue weighted by molar-refractivity contribution is 0.0958. The smallest absolute Gasteiger partial charge is 0.300 e. The van der Waals surface area contributed by atoms with Gasteiger partial charge in [-0.1, -0.05) is 6.08 Å². The van der Waals surface area contributed by atoms with Crippen molar-refractivity contribution < 1.29 is 30.8 Å². The van der Waals surface area contributed by atoms with Crippen LogP contribution >= 0.6 is 22.6 Å². The van der Waals surface area contributed by atoms with E-state index in [-0.39, 0.29) is 23.4 Å². The molecule has 0 saturated heterocycles. The number of aromatic nitrogens is 1. The Bertz CT molecular complexity index is 1520. The van der Waals surface area contributed by atoms with E-state index in [1.54, 1.807) is 6.92 Å². The van der Waals surface area contributed by atoms with Crippen LogP contribution in [0.5, 0.6) is 0 Å². The molecule has 0 saturated carbocycles. The van der Waals surface area contributed by atoms with Crippen LogP contribution in [0, 0.1) is 33.8 Å². The summed E-state index contributed by atoms with van der Waals surface area (Å²) >= 11 is 1.92. The Balaban J connectivity index is 2.11. The minimum atomic E-state index is -4.11. The van der Waals surface area contributed by atoms with E-state index >= 15 is 8.78 Å². The normalized spacial score (nSPS) is 11.2. The monoisotopic (exact) mass is 663 g/mol. The number of halogens is 5. The number of hydrogen-bond acceptors (Lipinski definition) is 5. The van der Waals surface area contributed by atoms with Gasteiger partial charge in [0.2, 0.25) is 0 Å². The number of hydrogen-bond donors (Lipinski definition) is 4. The fourth-order valence-corrected chi connectivity index (χ4v) is 4.26. The molecule has 3 aromatic rings. The second-order valence-corrected chi connectivity index (χ2v) is 10.7. The molecule has 3 rings (SSSR count). The lowest BCUT2D eigenvalue weighted by atomic mass is 9.99. The van der Waals surface area contributed by atoms with E-state index in [2.05, 4.69) is 22.2 Å². The second-order valence-electron chi connectivity index (χ2n) is 7.91. The molecule has 14 heteroatoms. The summed E-state index contributed by atoms with van der Waals surface area (Å²) in [6.45, 7) is 5.18. The fraction of sp³-hybridized carbons (Fsp3) is 0.167. The summed E-state index contributed by atoms with van der Waals surface area (Å²) < 4.78 is 88.0. The quantitative estimate of drug-likeness (QED) is 0.143. The third kappa shape index (κ3) is 6.60. The Hall–Kier alpha value is -3.24. The Morgan fingerprint density at radius 3 is 2.47 bits per heavy atom. The zero-order chi connectivity index (χ0) is 28.2. The van der Waals surface area contributed by atoms with Gasteiger partial charge in [-0.2, -0.15) is 8.42 Å². The predicted molar refractivity (Wildman–Crippen MR) is 145 cm³/mol. The molecule has 1 aromatic heterocycles. The maximum atomic E-state index is 15.4. The van der Waals surface area contributed by atoms with Crippen molar-refractivity contribution in [3.63, 3.8) is 0 Å². The summed E-state index contributed by atoms with van der Waals surface area (Å²) in [5.41, 5.74) is -1.17. The number of rotatable bonds is 10. The van der Waals surface area contributed by atoms with Crippen molar-refractivity contribution in [3.8, 4) is 0 Å². The van der Waals surface area contributed by atoms with Gasteiger partial charge in [0.25, 0.3) is 16.1 Å². The molecule has 4 N–H and O–H groups in total. The van der Waals surface area contributed by atoms with Crippen LogP contribution in [-0.2, 0) is 16.6 Å². The third-order valence-corrected chi connectivity index (χ3v) is 7.45. The highest BCUT2D eigenvalue weighted by atomic mass is 127. The van der Waals surface area contributed by atoms with E-state index in [0.717, 1.165) is 25.4 Å². The number of carbonyl (C=O) groups is 1. The number of aryl methyl sites for hydroxylation is 1. The van der Waals surface area contributed by atoms with Crippen molar-refractivity contribution in [2.75, 3.05) is 23.6 Å².